The number of nitrogens with one attached hydrogen (secondary N) is 1. The summed E-state index contributed by atoms with van der Waals surface area (Å²) in [4.78, 5) is 28.7. The topological polar surface area (TPSA) is 83.9 Å². The lowest BCUT2D eigenvalue weighted by molar-refractivity contribution is -0.131. The molecule has 1 aromatic carbocycles. The van der Waals surface area contributed by atoms with E-state index in [1.54, 1.807) is 24.5 Å². The first-order valence-electron chi connectivity index (χ1n) is 7.56. The first-order valence-corrected chi connectivity index (χ1v) is 7.56. The van der Waals surface area contributed by atoms with Crippen molar-refractivity contribution in [1.82, 2.24) is 15.3 Å². The summed E-state index contributed by atoms with van der Waals surface area (Å²) in [6, 6.07) is 8.13. The number of hydrogen-bond donors (Lipinski definition) is 1. The Labute approximate surface area is 147 Å². The van der Waals surface area contributed by atoms with E-state index in [0.717, 1.165) is 5.01 Å². The number of rotatable bonds is 5. The molecule has 0 aliphatic carbocycles. The van der Waals surface area contributed by atoms with E-state index < -0.39 is 24.1 Å². The minimum absolute atomic E-state index is 0.0447. The van der Waals surface area contributed by atoms with E-state index in [1.165, 1.54) is 37.4 Å². The fourth-order valence-electron chi connectivity index (χ4n) is 2.47. The first kappa shape index (κ1) is 17.5. The van der Waals surface area contributed by atoms with E-state index in [0.29, 0.717) is 11.1 Å². The van der Waals surface area contributed by atoms with E-state index in [2.05, 4.69) is 20.1 Å². The van der Waals surface area contributed by atoms with Crippen LogP contribution >= 0.6 is 0 Å². The second-order valence-corrected chi connectivity index (χ2v) is 5.60. The van der Waals surface area contributed by atoms with Crippen LogP contribution in [0.5, 0.6) is 5.75 Å². The van der Waals surface area contributed by atoms with Gasteiger partial charge in [-0.15, -0.1) is 5.01 Å². The maximum atomic E-state index is 12.7. The van der Waals surface area contributed by atoms with Gasteiger partial charge in [-0.25, -0.2) is 4.79 Å². The van der Waals surface area contributed by atoms with Crippen LogP contribution in [0.1, 0.15) is 18.1 Å². The third-order valence-electron chi connectivity index (χ3n) is 3.85. The van der Waals surface area contributed by atoms with Gasteiger partial charge >= 0.3 is 12.6 Å². The number of ether oxygens (including phenoxy) is 1. The summed E-state index contributed by atoms with van der Waals surface area (Å²) in [6.07, 6.45) is 4.48. The number of imide groups is 1. The SMILES string of the molecule is C[C@@]1(c2ccc(OC(F)F)cc2)NC(=O)N(/N=C\c2ccncc2)C1=O. The van der Waals surface area contributed by atoms with Gasteiger partial charge in [-0.2, -0.15) is 13.9 Å². The molecule has 2 aromatic rings. The summed E-state index contributed by atoms with van der Waals surface area (Å²) in [5.41, 5.74) is -0.280. The molecule has 3 amide bonds. The number of benzene rings is 1. The average Bonchev–Trinajstić information content (AvgIpc) is 2.84. The van der Waals surface area contributed by atoms with Gasteiger partial charge in [-0.05, 0) is 42.3 Å². The standard InChI is InChI=1S/C17H14F2N4O3/c1-17(12-2-4-13(5-3-12)26-15(18)19)14(24)23(16(25)22-17)21-10-11-6-8-20-9-7-11/h2-10,15H,1H3,(H,22,25)/b21-10-/t17-/m0/s1. The molecule has 1 aliphatic rings. The van der Waals surface area contributed by atoms with E-state index in [1.807, 2.05) is 0 Å². The summed E-state index contributed by atoms with van der Waals surface area (Å²) in [6.45, 7) is -1.43. The molecule has 9 heteroatoms. The van der Waals surface area contributed by atoms with Crippen LogP contribution in [0.15, 0.2) is 53.9 Å². The van der Waals surface area contributed by atoms with Crippen LogP contribution in [-0.2, 0) is 10.3 Å². The van der Waals surface area contributed by atoms with Crippen molar-refractivity contribution < 1.29 is 23.1 Å². The van der Waals surface area contributed by atoms with E-state index >= 15 is 0 Å². The molecule has 134 valence electrons. The van der Waals surface area contributed by atoms with Gasteiger partial charge in [0, 0.05) is 12.4 Å². The van der Waals surface area contributed by atoms with Gasteiger partial charge in [0.05, 0.1) is 6.21 Å². The number of pyridine rings is 1. The molecule has 0 bridgehead atoms. The van der Waals surface area contributed by atoms with Crippen molar-refractivity contribution in [1.29, 1.82) is 0 Å². The number of urea groups is 1. The van der Waals surface area contributed by atoms with Gasteiger partial charge < -0.3 is 10.1 Å². The minimum Gasteiger partial charge on any atom is -0.435 e. The molecule has 1 N–H and O–H groups in total. The van der Waals surface area contributed by atoms with E-state index in [4.69, 9.17) is 0 Å². The zero-order valence-corrected chi connectivity index (χ0v) is 13.6. The van der Waals surface area contributed by atoms with Crippen LogP contribution < -0.4 is 10.1 Å². The summed E-state index contributed by atoms with van der Waals surface area (Å²) >= 11 is 0. The average molecular weight is 360 g/mol. The second-order valence-electron chi connectivity index (χ2n) is 5.60. The van der Waals surface area contributed by atoms with Crippen LogP contribution in [0.25, 0.3) is 0 Å². The zero-order chi connectivity index (χ0) is 18.7. The summed E-state index contributed by atoms with van der Waals surface area (Å²) in [7, 11) is 0. The fraction of sp³-hybridized carbons (Fsp3) is 0.176. The highest BCUT2D eigenvalue weighted by molar-refractivity contribution is 6.07. The van der Waals surface area contributed by atoms with E-state index in [9.17, 15) is 18.4 Å². The summed E-state index contributed by atoms with van der Waals surface area (Å²) in [5, 5.41) is 7.22. The van der Waals surface area contributed by atoms with Crippen molar-refractivity contribution in [2.75, 3.05) is 0 Å². The number of hydrazone groups is 1. The number of alkyl halides is 2. The molecule has 26 heavy (non-hydrogen) atoms. The molecule has 3 rings (SSSR count). The van der Waals surface area contributed by atoms with Gasteiger partial charge in [0.2, 0.25) is 0 Å². The number of aromatic nitrogens is 1. The molecule has 1 saturated heterocycles. The predicted octanol–water partition coefficient (Wildman–Crippen LogP) is 2.48. The quantitative estimate of drug-likeness (QED) is 0.656. The normalized spacial score (nSPS) is 20.1. The lowest BCUT2D eigenvalue weighted by atomic mass is 9.92. The summed E-state index contributed by atoms with van der Waals surface area (Å²) < 4.78 is 28.7. The van der Waals surface area contributed by atoms with Crippen molar-refractivity contribution in [3.63, 3.8) is 0 Å². The molecule has 0 radical (unpaired) electrons. The smallest absolute Gasteiger partial charge is 0.387 e. The minimum atomic E-state index is -2.94. The molecule has 1 atom stereocenters. The number of hydrogen-bond acceptors (Lipinski definition) is 5. The molecule has 7 nitrogen and oxygen atoms in total. The molecular formula is C17H14F2N4O3. The van der Waals surface area contributed by atoms with Crippen LogP contribution in [0, 0.1) is 0 Å². The Hall–Kier alpha value is -3.36. The summed E-state index contributed by atoms with van der Waals surface area (Å²) in [5.74, 6) is -0.632. The number of carbonyl (C=O) groups excluding carboxylic acids is 2. The van der Waals surface area contributed by atoms with Crippen molar-refractivity contribution in [2.24, 2.45) is 5.10 Å². The van der Waals surface area contributed by atoms with Gasteiger partial charge in [0.15, 0.2) is 0 Å². The fourth-order valence-corrected chi connectivity index (χ4v) is 2.47. The number of carbonyl (C=O) groups is 2. The van der Waals surface area contributed by atoms with Crippen LogP contribution in [0.3, 0.4) is 0 Å². The monoisotopic (exact) mass is 360 g/mol. The Morgan fingerprint density at radius 3 is 2.46 bits per heavy atom. The Bertz CT molecular complexity index is 843. The van der Waals surface area contributed by atoms with Crippen LogP contribution in [-0.4, -0.2) is 34.8 Å². The van der Waals surface area contributed by atoms with Crippen LogP contribution in [0.4, 0.5) is 13.6 Å². The predicted molar refractivity (Wildman–Crippen MR) is 87.6 cm³/mol. The Kier molecular flexibility index (Phi) is 4.61. The maximum absolute atomic E-state index is 12.7. The van der Waals surface area contributed by atoms with Crippen molar-refractivity contribution in [3.05, 3.63) is 59.9 Å². The third-order valence-corrected chi connectivity index (χ3v) is 3.85. The largest absolute Gasteiger partial charge is 0.435 e. The molecule has 0 unspecified atom stereocenters. The number of nitrogens with zero attached hydrogens (tertiary/aromatic N) is 3. The molecule has 1 aliphatic heterocycles. The maximum Gasteiger partial charge on any atom is 0.387 e. The molecular weight excluding hydrogens is 346 g/mol. The second kappa shape index (κ2) is 6.87. The van der Waals surface area contributed by atoms with Crippen LogP contribution in [0.2, 0.25) is 0 Å². The third kappa shape index (κ3) is 3.37. The van der Waals surface area contributed by atoms with Crippen molar-refractivity contribution in [2.45, 2.75) is 19.1 Å². The van der Waals surface area contributed by atoms with E-state index in [-0.39, 0.29) is 5.75 Å². The number of amides is 3. The molecule has 2 heterocycles. The van der Waals surface area contributed by atoms with Crippen molar-refractivity contribution >= 4 is 18.2 Å². The molecule has 1 aromatic heterocycles. The Morgan fingerprint density at radius 1 is 1.19 bits per heavy atom. The van der Waals surface area contributed by atoms with Gasteiger partial charge in [0.1, 0.15) is 11.3 Å². The Balaban J connectivity index is 1.81. The van der Waals surface area contributed by atoms with Gasteiger partial charge in [-0.1, -0.05) is 12.1 Å². The van der Waals surface area contributed by atoms with Gasteiger partial charge in [-0.3, -0.25) is 9.78 Å². The lowest BCUT2D eigenvalue weighted by Gasteiger charge is -2.21. The highest BCUT2D eigenvalue weighted by Crippen LogP contribution is 2.30. The molecule has 0 saturated carbocycles. The lowest BCUT2D eigenvalue weighted by Crippen LogP contribution is -2.40. The van der Waals surface area contributed by atoms with Gasteiger partial charge in [0.25, 0.3) is 5.91 Å². The highest BCUT2D eigenvalue weighted by atomic mass is 19.3. The number of halogens is 2. The molecule has 0 spiro atoms. The Morgan fingerprint density at radius 2 is 1.85 bits per heavy atom. The zero-order valence-electron chi connectivity index (χ0n) is 13.6. The highest BCUT2D eigenvalue weighted by Gasteiger charge is 2.49. The van der Waals surface area contributed by atoms with Crippen molar-refractivity contribution in [3.8, 4) is 5.75 Å². The molecule has 1 fully saturated rings. The first-order chi connectivity index (χ1) is 12.4.